The molecule has 0 aliphatic heterocycles. The lowest BCUT2D eigenvalue weighted by molar-refractivity contribution is 0.299. The van der Waals surface area contributed by atoms with Crippen LogP contribution in [-0.2, 0) is 11.0 Å². The smallest absolute Gasteiger partial charge is 0.184 e. The summed E-state index contributed by atoms with van der Waals surface area (Å²) < 4.78 is 5.94. The van der Waals surface area contributed by atoms with Crippen molar-refractivity contribution in [2.45, 2.75) is 45.9 Å². The molecule has 0 amide bonds. The fraction of sp³-hybridized carbons (Fsp3) is 0.538. The Morgan fingerprint density at radius 3 is 2.12 bits per heavy atom. The van der Waals surface area contributed by atoms with Gasteiger partial charge < -0.3 is 4.43 Å². The zero-order valence-corrected chi connectivity index (χ0v) is 13.4. The van der Waals surface area contributed by atoms with Crippen LogP contribution in [0.5, 0.6) is 0 Å². The van der Waals surface area contributed by atoms with Gasteiger partial charge in [-0.1, -0.05) is 49.1 Å². The minimum atomic E-state index is -1.39. The largest absolute Gasteiger partial charge is 0.413 e. The van der Waals surface area contributed by atoms with Crippen molar-refractivity contribution in [2.24, 2.45) is 0 Å². The van der Waals surface area contributed by atoms with E-state index in [0.717, 1.165) is 6.61 Å². The molecule has 1 aromatic carbocycles. The third kappa shape index (κ3) is 4.64. The molecule has 3 heteroatoms. The Morgan fingerprint density at radius 1 is 1.00 bits per heavy atom. The Bertz CT molecular complexity index is 348. The lowest BCUT2D eigenvalue weighted by atomic mass is 10.2. The Labute approximate surface area is 102 Å². The van der Waals surface area contributed by atoms with E-state index in [1.807, 2.05) is 0 Å². The molecule has 0 aliphatic rings. The fourth-order valence-corrected chi connectivity index (χ4v) is 3.24. The van der Waals surface area contributed by atoms with E-state index < -0.39 is 16.4 Å². The summed E-state index contributed by atoms with van der Waals surface area (Å²) in [5.41, 5.74) is 1.32. The van der Waals surface area contributed by atoms with Crippen LogP contribution >= 0.6 is 0 Å². The molecule has 0 spiro atoms. The standard InChI is InChI=1S/C13H24OSi2/c1-15(2,3)13-9-7-8-12(10-13)11-14-16(4,5)6/h7-10H,11H2,1-6H3. The van der Waals surface area contributed by atoms with Crippen molar-refractivity contribution in [1.29, 1.82) is 0 Å². The summed E-state index contributed by atoms with van der Waals surface area (Å²) in [6.45, 7) is 14.6. The fourth-order valence-electron chi connectivity index (χ4n) is 1.43. The molecule has 0 fully saturated rings. The SMILES string of the molecule is C[Si](C)(C)OCc1cccc([Si](C)(C)C)c1. The molecule has 0 heterocycles. The van der Waals surface area contributed by atoms with E-state index in [0.29, 0.717) is 0 Å². The average molecular weight is 253 g/mol. The van der Waals surface area contributed by atoms with Crippen molar-refractivity contribution in [1.82, 2.24) is 0 Å². The lowest BCUT2D eigenvalue weighted by Gasteiger charge is -2.20. The molecule has 0 saturated carbocycles. The van der Waals surface area contributed by atoms with E-state index in [-0.39, 0.29) is 0 Å². The van der Waals surface area contributed by atoms with Crippen LogP contribution in [0.2, 0.25) is 39.3 Å². The molecule has 16 heavy (non-hydrogen) atoms. The van der Waals surface area contributed by atoms with E-state index >= 15 is 0 Å². The highest BCUT2D eigenvalue weighted by Gasteiger charge is 2.17. The van der Waals surface area contributed by atoms with Gasteiger partial charge in [0, 0.05) is 0 Å². The molecule has 0 radical (unpaired) electrons. The van der Waals surface area contributed by atoms with Crippen molar-refractivity contribution in [3.63, 3.8) is 0 Å². The van der Waals surface area contributed by atoms with Crippen molar-refractivity contribution < 1.29 is 4.43 Å². The monoisotopic (exact) mass is 252 g/mol. The molecule has 0 aromatic heterocycles. The molecule has 0 bridgehead atoms. The first kappa shape index (κ1) is 13.7. The maximum Gasteiger partial charge on any atom is 0.184 e. The van der Waals surface area contributed by atoms with Crippen LogP contribution in [0.4, 0.5) is 0 Å². The second kappa shape index (κ2) is 4.86. The van der Waals surface area contributed by atoms with Crippen LogP contribution in [0.25, 0.3) is 0 Å². The van der Waals surface area contributed by atoms with Crippen molar-refractivity contribution >= 4 is 21.6 Å². The molecule has 90 valence electrons. The molecule has 0 N–H and O–H groups in total. The number of rotatable bonds is 4. The number of benzene rings is 1. The van der Waals surface area contributed by atoms with Crippen LogP contribution < -0.4 is 5.19 Å². The third-order valence-corrected chi connectivity index (χ3v) is 5.52. The first-order valence-electron chi connectivity index (χ1n) is 5.92. The molecule has 1 rings (SSSR count). The summed E-state index contributed by atoms with van der Waals surface area (Å²) in [5, 5.41) is 1.52. The van der Waals surface area contributed by atoms with Crippen LogP contribution in [0.3, 0.4) is 0 Å². The minimum Gasteiger partial charge on any atom is -0.413 e. The van der Waals surface area contributed by atoms with Crippen LogP contribution in [0.15, 0.2) is 24.3 Å². The average Bonchev–Trinajstić information content (AvgIpc) is 2.13. The molecule has 0 aliphatic carbocycles. The van der Waals surface area contributed by atoms with Gasteiger partial charge >= 0.3 is 0 Å². The summed E-state index contributed by atoms with van der Waals surface area (Å²) in [7, 11) is -2.58. The van der Waals surface area contributed by atoms with Gasteiger partial charge in [-0.05, 0) is 25.2 Å². The van der Waals surface area contributed by atoms with Crippen molar-refractivity contribution in [3.05, 3.63) is 29.8 Å². The summed E-state index contributed by atoms with van der Waals surface area (Å²) >= 11 is 0. The van der Waals surface area contributed by atoms with E-state index in [4.69, 9.17) is 4.43 Å². The molecular weight excluding hydrogens is 228 g/mol. The van der Waals surface area contributed by atoms with E-state index in [1.165, 1.54) is 10.8 Å². The maximum atomic E-state index is 5.94. The molecule has 1 nitrogen and oxygen atoms in total. The van der Waals surface area contributed by atoms with E-state index in [1.54, 1.807) is 0 Å². The Morgan fingerprint density at radius 2 is 1.62 bits per heavy atom. The van der Waals surface area contributed by atoms with Gasteiger partial charge in [-0.25, -0.2) is 0 Å². The minimum absolute atomic E-state index is 0.772. The topological polar surface area (TPSA) is 9.23 Å². The van der Waals surface area contributed by atoms with Gasteiger partial charge in [0.2, 0.25) is 0 Å². The molecule has 0 saturated heterocycles. The van der Waals surface area contributed by atoms with Gasteiger partial charge in [-0.2, -0.15) is 0 Å². The van der Waals surface area contributed by atoms with Crippen LogP contribution in [0, 0.1) is 0 Å². The van der Waals surface area contributed by atoms with E-state index in [9.17, 15) is 0 Å². The molecule has 0 atom stereocenters. The van der Waals surface area contributed by atoms with Crippen molar-refractivity contribution in [3.8, 4) is 0 Å². The number of hydrogen-bond donors (Lipinski definition) is 0. The Balaban J connectivity index is 2.76. The Kier molecular flexibility index (Phi) is 4.15. The maximum absolute atomic E-state index is 5.94. The zero-order chi connectivity index (χ0) is 12.4. The van der Waals surface area contributed by atoms with Gasteiger partial charge in [-0.15, -0.1) is 0 Å². The predicted octanol–water partition coefficient (Wildman–Crippen LogP) is 3.58. The number of hydrogen-bond acceptors (Lipinski definition) is 1. The molecule has 0 unspecified atom stereocenters. The van der Waals surface area contributed by atoms with Gasteiger partial charge in [0.15, 0.2) is 8.32 Å². The second-order valence-corrected chi connectivity index (χ2v) is 15.9. The van der Waals surface area contributed by atoms with Crippen LogP contribution in [0.1, 0.15) is 5.56 Å². The molecular formula is C13H24OSi2. The van der Waals surface area contributed by atoms with Gasteiger partial charge in [0.05, 0.1) is 14.7 Å². The van der Waals surface area contributed by atoms with Gasteiger partial charge in [0.25, 0.3) is 0 Å². The quantitative estimate of drug-likeness (QED) is 0.744. The third-order valence-electron chi connectivity index (χ3n) is 2.46. The van der Waals surface area contributed by atoms with Gasteiger partial charge in [-0.3, -0.25) is 0 Å². The van der Waals surface area contributed by atoms with Gasteiger partial charge in [0.1, 0.15) is 0 Å². The lowest BCUT2D eigenvalue weighted by Crippen LogP contribution is -2.37. The predicted molar refractivity (Wildman–Crippen MR) is 77.6 cm³/mol. The summed E-state index contributed by atoms with van der Waals surface area (Å²) in [6.07, 6.45) is 0. The highest BCUT2D eigenvalue weighted by Crippen LogP contribution is 2.10. The summed E-state index contributed by atoms with van der Waals surface area (Å²) in [6, 6.07) is 8.91. The molecule has 1 aromatic rings. The summed E-state index contributed by atoms with van der Waals surface area (Å²) in [5.74, 6) is 0. The first-order chi connectivity index (χ1) is 7.18. The normalized spacial score (nSPS) is 12.9. The summed E-state index contributed by atoms with van der Waals surface area (Å²) in [4.78, 5) is 0. The highest BCUT2D eigenvalue weighted by molar-refractivity contribution is 6.88. The first-order valence-corrected chi connectivity index (χ1v) is 12.8. The highest BCUT2D eigenvalue weighted by atomic mass is 28.4. The second-order valence-electron chi connectivity index (χ2n) is 6.35. The van der Waals surface area contributed by atoms with Crippen molar-refractivity contribution in [2.75, 3.05) is 0 Å². The van der Waals surface area contributed by atoms with E-state index in [2.05, 4.69) is 63.5 Å². The Hall–Kier alpha value is -0.386. The zero-order valence-electron chi connectivity index (χ0n) is 11.4. The van der Waals surface area contributed by atoms with Crippen LogP contribution in [-0.4, -0.2) is 16.4 Å².